The number of hydrogen-bond donors (Lipinski definition) is 3. The van der Waals surface area contributed by atoms with Crippen molar-refractivity contribution in [3.05, 3.63) is 28.8 Å². The first-order valence-electron chi connectivity index (χ1n) is 4.17. The summed E-state index contributed by atoms with van der Waals surface area (Å²) >= 11 is 4.15. The standard InChI is InChI=1S/C10H11BO2S/c1-3-8-4-10(11(12)13)5-9(6-14)7(8)2/h1,4-5,12-14H,6H2,2H3. The molecule has 0 saturated heterocycles. The molecule has 0 aromatic heterocycles. The van der Waals surface area contributed by atoms with Crippen LogP contribution in [0.5, 0.6) is 0 Å². The first-order chi connectivity index (χ1) is 6.60. The van der Waals surface area contributed by atoms with Crippen molar-refractivity contribution in [1.29, 1.82) is 0 Å². The SMILES string of the molecule is C#Cc1cc(B(O)O)cc(CS)c1C. The number of terminal acetylenes is 1. The van der Waals surface area contributed by atoms with E-state index in [-0.39, 0.29) is 0 Å². The van der Waals surface area contributed by atoms with Gasteiger partial charge in [0.1, 0.15) is 0 Å². The van der Waals surface area contributed by atoms with Crippen LogP contribution in [0.1, 0.15) is 16.7 Å². The van der Waals surface area contributed by atoms with Crippen molar-refractivity contribution in [1.82, 2.24) is 0 Å². The summed E-state index contributed by atoms with van der Waals surface area (Å²) in [5.74, 6) is 3.04. The molecule has 0 bridgehead atoms. The molecule has 0 amide bonds. The van der Waals surface area contributed by atoms with Gasteiger partial charge in [-0.15, -0.1) is 6.42 Å². The topological polar surface area (TPSA) is 40.5 Å². The van der Waals surface area contributed by atoms with Crippen molar-refractivity contribution in [2.45, 2.75) is 12.7 Å². The van der Waals surface area contributed by atoms with Crippen LogP contribution in [-0.2, 0) is 5.75 Å². The van der Waals surface area contributed by atoms with Crippen LogP contribution in [0.4, 0.5) is 0 Å². The van der Waals surface area contributed by atoms with Crippen LogP contribution in [0.3, 0.4) is 0 Å². The molecular weight excluding hydrogens is 195 g/mol. The number of thiol groups is 1. The number of benzene rings is 1. The lowest BCUT2D eigenvalue weighted by Crippen LogP contribution is -2.30. The first-order valence-corrected chi connectivity index (χ1v) is 4.80. The predicted molar refractivity (Wildman–Crippen MR) is 61.6 cm³/mol. The van der Waals surface area contributed by atoms with E-state index in [1.54, 1.807) is 12.1 Å². The fourth-order valence-corrected chi connectivity index (χ4v) is 1.59. The zero-order valence-corrected chi connectivity index (χ0v) is 8.75. The zero-order chi connectivity index (χ0) is 10.7. The van der Waals surface area contributed by atoms with Crippen LogP contribution in [-0.4, -0.2) is 17.2 Å². The van der Waals surface area contributed by atoms with Gasteiger partial charge in [-0.3, -0.25) is 0 Å². The van der Waals surface area contributed by atoms with Gasteiger partial charge in [-0.05, 0) is 29.6 Å². The Morgan fingerprint density at radius 3 is 2.57 bits per heavy atom. The van der Waals surface area contributed by atoms with E-state index in [2.05, 4.69) is 18.5 Å². The molecule has 0 aliphatic heterocycles. The summed E-state index contributed by atoms with van der Waals surface area (Å²) < 4.78 is 0. The Hall–Kier alpha value is -0.885. The molecule has 14 heavy (non-hydrogen) atoms. The largest absolute Gasteiger partial charge is 0.488 e. The van der Waals surface area contributed by atoms with Crippen LogP contribution in [0.2, 0.25) is 0 Å². The van der Waals surface area contributed by atoms with Crippen molar-refractivity contribution >= 4 is 25.2 Å². The summed E-state index contributed by atoms with van der Waals surface area (Å²) in [4.78, 5) is 0. The zero-order valence-electron chi connectivity index (χ0n) is 7.86. The minimum Gasteiger partial charge on any atom is -0.423 e. The minimum atomic E-state index is -1.48. The summed E-state index contributed by atoms with van der Waals surface area (Å²) in [6.07, 6.45) is 5.31. The predicted octanol–water partition coefficient (Wildman–Crippen LogP) is 0.0859. The van der Waals surface area contributed by atoms with E-state index in [1.165, 1.54) is 0 Å². The van der Waals surface area contributed by atoms with E-state index in [0.717, 1.165) is 11.1 Å². The summed E-state index contributed by atoms with van der Waals surface area (Å²) in [6.45, 7) is 1.90. The van der Waals surface area contributed by atoms with Crippen LogP contribution in [0.25, 0.3) is 0 Å². The lowest BCUT2D eigenvalue weighted by Gasteiger charge is -2.09. The molecule has 0 atom stereocenters. The number of rotatable bonds is 2. The third-order valence-corrected chi connectivity index (χ3v) is 2.50. The molecule has 0 unspecified atom stereocenters. The van der Waals surface area contributed by atoms with Crippen molar-refractivity contribution in [2.75, 3.05) is 0 Å². The molecule has 2 N–H and O–H groups in total. The van der Waals surface area contributed by atoms with Crippen molar-refractivity contribution < 1.29 is 10.0 Å². The maximum absolute atomic E-state index is 9.02. The van der Waals surface area contributed by atoms with Crippen LogP contribution < -0.4 is 5.46 Å². The van der Waals surface area contributed by atoms with Gasteiger partial charge < -0.3 is 10.0 Å². The Balaban J connectivity index is 3.34. The molecule has 1 aromatic carbocycles. The van der Waals surface area contributed by atoms with Crippen LogP contribution in [0.15, 0.2) is 12.1 Å². The average molecular weight is 206 g/mol. The van der Waals surface area contributed by atoms with Gasteiger partial charge in [0.05, 0.1) is 0 Å². The third-order valence-electron chi connectivity index (χ3n) is 2.16. The van der Waals surface area contributed by atoms with E-state index < -0.39 is 7.12 Å². The van der Waals surface area contributed by atoms with Crippen molar-refractivity contribution in [2.24, 2.45) is 0 Å². The van der Waals surface area contributed by atoms with E-state index in [9.17, 15) is 0 Å². The van der Waals surface area contributed by atoms with E-state index in [0.29, 0.717) is 16.8 Å². The number of hydrogen-bond acceptors (Lipinski definition) is 3. The molecule has 1 rings (SSSR count). The second-order valence-corrected chi connectivity index (χ2v) is 3.34. The lowest BCUT2D eigenvalue weighted by molar-refractivity contribution is 0.425. The molecule has 0 aliphatic carbocycles. The molecule has 0 fully saturated rings. The monoisotopic (exact) mass is 206 g/mol. The Morgan fingerprint density at radius 2 is 2.14 bits per heavy atom. The highest BCUT2D eigenvalue weighted by Crippen LogP contribution is 2.13. The van der Waals surface area contributed by atoms with E-state index >= 15 is 0 Å². The Labute approximate surface area is 89.5 Å². The fourth-order valence-electron chi connectivity index (χ4n) is 1.26. The lowest BCUT2D eigenvalue weighted by atomic mass is 9.78. The Bertz CT molecular complexity index is 382. The van der Waals surface area contributed by atoms with Crippen molar-refractivity contribution in [3.63, 3.8) is 0 Å². The summed E-state index contributed by atoms with van der Waals surface area (Å²) in [5, 5.41) is 18.0. The van der Waals surface area contributed by atoms with Gasteiger partial charge in [0.2, 0.25) is 0 Å². The fraction of sp³-hybridized carbons (Fsp3) is 0.200. The normalized spacial score (nSPS) is 9.64. The first kappa shape index (κ1) is 11.2. The van der Waals surface area contributed by atoms with E-state index in [4.69, 9.17) is 16.5 Å². The van der Waals surface area contributed by atoms with E-state index in [1.807, 2.05) is 6.92 Å². The highest BCUT2D eigenvalue weighted by molar-refractivity contribution is 7.79. The average Bonchev–Trinajstić information content (AvgIpc) is 2.17. The van der Waals surface area contributed by atoms with Gasteiger partial charge in [-0.2, -0.15) is 12.6 Å². The summed E-state index contributed by atoms with van der Waals surface area (Å²) in [6, 6.07) is 3.31. The molecular formula is C10H11BO2S. The maximum Gasteiger partial charge on any atom is 0.488 e. The van der Waals surface area contributed by atoms with Gasteiger partial charge >= 0.3 is 7.12 Å². The smallest absolute Gasteiger partial charge is 0.423 e. The summed E-state index contributed by atoms with van der Waals surface area (Å²) in [5.41, 5.74) is 2.98. The van der Waals surface area contributed by atoms with Gasteiger partial charge in [-0.1, -0.05) is 12.0 Å². The molecule has 1 aromatic rings. The Morgan fingerprint density at radius 1 is 1.50 bits per heavy atom. The molecule has 4 heteroatoms. The molecule has 0 aliphatic rings. The van der Waals surface area contributed by atoms with Crippen molar-refractivity contribution in [3.8, 4) is 12.3 Å². The highest BCUT2D eigenvalue weighted by Gasteiger charge is 2.14. The highest BCUT2D eigenvalue weighted by atomic mass is 32.1. The second-order valence-electron chi connectivity index (χ2n) is 3.03. The maximum atomic E-state index is 9.02. The second kappa shape index (κ2) is 4.56. The van der Waals surface area contributed by atoms with Gasteiger partial charge in [0.25, 0.3) is 0 Å². The molecule has 72 valence electrons. The van der Waals surface area contributed by atoms with Gasteiger partial charge in [0, 0.05) is 11.3 Å². The molecule has 0 heterocycles. The third kappa shape index (κ3) is 2.13. The van der Waals surface area contributed by atoms with Crippen LogP contribution in [0, 0.1) is 19.3 Å². The van der Waals surface area contributed by atoms with Gasteiger partial charge in [0.15, 0.2) is 0 Å². The Kier molecular flexibility index (Phi) is 3.65. The van der Waals surface area contributed by atoms with Crippen LogP contribution >= 0.6 is 12.6 Å². The molecule has 0 radical (unpaired) electrons. The summed E-state index contributed by atoms with van der Waals surface area (Å²) in [7, 11) is -1.48. The molecule has 2 nitrogen and oxygen atoms in total. The minimum absolute atomic E-state index is 0.410. The molecule has 0 spiro atoms. The molecule has 0 saturated carbocycles. The quantitative estimate of drug-likeness (QED) is 0.364. The van der Waals surface area contributed by atoms with Gasteiger partial charge in [-0.25, -0.2) is 0 Å².